The minimum absolute atomic E-state index is 0.606. The average Bonchev–Trinajstić information content (AvgIpc) is 2.55. The molecule has 0 aromatic rings. The molecule has 0 heteroatoms. The Kier molecular flexibility index (Phi) is 162. The van der Waals surface area contributed by atoms with Crippen LogP contribution in [0.15, 0.2) is 24.3 Å². The molecule has 0 bridgehead atoms. The van der Waals surface area contributed by atoms with Gasteiger partial charge in [-0.15, -0.1) is 0 Å². The lowest BCUT2D eigenvalue weighted by Gasteiger charge is -1.93. The van der Waals surface area contributed by atoms with Gasteiger partial charge in [0.05, 0.1) is 0 Å². The maximum absolute atomic E-state index is 2.22. The molecule has 0 fully saturated rings. The van der Waals surface area contributed by atoms with Crippen molar-refractivity contribution in [3.05, 3.63) is 24.3 Å². The Hall–Kier alpha value is -0.520. The molecule has 0 radical (unpaired) electrons. The molecular weight excluding hydrogens is 228 g/mol. The summed E-state index contributed by atoms with van der Waals surface area (Å²) in [6, 6.07) is 0. The Morgan fingerprint density at radius 3 is 1.21 bits per heavy atom. The topological polar surface area (TPSA) is 0 Å². The monoisotopic (exact) mass is 274 g/mol. The van der Waals surface area contributed by atoms with Gasteiger partial charge in [0.2, 0.25) is 0 Å². The van der Waals surface area contributed by atoms with Crippen molar-refractivity contribution in [2.24, 2.45) is 5.92 Å². The zero-order valence-electron chi connectivity index (χ0n) is 16.6. The SMILES string of the molecule is C/C=C\C(C)/C=C\CC.CC.CC.CC.CC.CC. The maximum atomic E-state index is 2.22. The smallest absolute Gasteiger partial charge is 0.00820 e. The largest absolute Gasteiger partial charge is 0.0911 e. The Balaban J connectivity index is -0.0000000356. The van der Waals surface area contributed by atoms with E-state index in [-0.39, 0.29) is 0 Å². The van der Waals surface area contributed by atoms with Crippen molar-refractivity contribution in [3.63, 3.8) is 0 Å². The van der Waals surface area contributed by atoms with Crippen LogP contribution in [0.2, 0.25) is 0 Å². The molecule has 0 aromatic heterocycles. The van der Waals surface area contributed by atoms with Gasteiger partial charge >= 0.3 is 0 Å². The van der Waals surface area contributed by atoms with Gasteiger partial charge < -0.3 is 0 Å². The summed E-state index contributed by atoms with van der Waals surface area (Å²) in [7, 11) is 0. The lowest BCUT2D eigenvalue weighted by atomic mass is 10.1. The van der Waals surface area contributed by atoms with Gasteiger partial charge in [0, 0.05) is 0 Å². The van der Waals surface area contributed by atoms with Crippen LogP contribution in [0.25, 0.3) is 0 Å². The first-order valence-electron chi connectivity index (χ1n) is 8.60. The van der Waals surface area contributed by atoms with E-state index in [2.05, 4.69) is 45.1 Å². The van der Waals surface area contributed by atoms with Gasteiger partial charge in [-0.25, -0.2) is 0 Å². The molecule has 1 atom stereocenters. The second-order valence-corrected chi connectivity index (χ2v) is 2.22. The molecule has 1 unspecified atom stereocenters. The van der Waals surface area contributed by atoms with Gasteiger partial charge in [-0.2, -0.15) is 0 Å². The van der Waals surface area contributed by atoms with E-state index >= 15 is 0 Å². The predicted molar refractivity (Wildman–Crippen MR) is 100 cm³/mol. The summed E-state index contributed by atoms with van der Waals surface area (Å²) in [5, 5.41) is 0. The molecule has 0 aliphatic rings. The first kappa shape index (κ1) is 36.3. The fourth-order valence-corrected chi connectivity index (χ4v) is 0.718. The molecule has 0 saturated carbocycles. The van der Waals surface area contributed by atoms with Crippen LogP contribution in [-0.4, -0.2) is 0 Å². The van der Waals surface area contributed by atoms with Crippen molar-refractivity contribution < 1.29 is 0 Å². The summed E-state index contributed by atoms with van der Waals surface area (Å²) in [6.07, 6.45) is 9.84. The maximum Gasteiger partial charge on any atom is -0.00820 e. The molecule has 0 aromatic carbocycles. The van der Waals surface area contributed by atoms with Crippen LogP contribution in [0.5, 0.6) is 0 Å². The molecule has 0 saturated heterocycles. The zero-order chi connectivity index (χ0) is 17.1. The zero-order valence-corrected chi connectivity index (χ0v) is 16.6. The van der Waals surface area contributed by atoms with Crippen molar-refractivity contribution in [2.45, 2.75) is 96.4 Å². The summed E-state index contributed by atoms with van der Waals surface area (Å²) in [6.45, 7) is 26.4. The minimum atomic E-state index is 0.606. The molecular formula is C19H46. The Morgan fingerprint density at radius 2 is 1.00 bits per heavy atom. The first-order valence-corrected chi connectivity index (χ1v) is 8.60. The quantitative estimate of drug-likeness (QED) is 0.454. The lowest BCUT2D eigenvalue weighted by Crippen LogP contribution is -1.79. The second-order valence-electron chi connectivity index (χ2n) is 2.22. The van der Waals surface area contributed by atoms with Crippen LogP contribution in [0, 0.1) is 5.92 Å². The highest BCUT2D eigenvalue weighted by atomic mass is 13.9. The van der Waals surface area contributed by atoms with Crippen molar-refractivity contribution in [1.29, 1.82) is 0 Å². The standard InChI is InChI=1S/C9H16.5C2H6/c1-4-6-8-9(3)7-5-2;5*1-2/h5-9H,4H2,1-3H3;5*1-2H3/b7-5-,8-6-;;;;;. The lowest BCUT2D eigenvalue weighted by molar-refractivity contribution is 0.928. The van der Waals surface area contributed by atoms with E-state index in [1.54, 1.807) is 0 Å². The number of rotatable bonds is 3. The highest BCUT2D eigenvalue weighted by Gasteiger charge is 1.84. The summed E-state index contributed by atoms with van der Waals surface area (Å²) in [5.74, 6) is 0.606. The molecule has 0 N–H and O–H groups in total. The third kappa shape index (κ3) is 99.8. The molecule has 122 valence electrons. The number of allylic oxidation sites excluding steroid dienone is 4. The van der Waals surface area contributed by atoms with Crippen molar-refractivity contribution in [2.75, 3.05) is 0 Å². The van der Waals surface area contributed by atoms with E-state index in [1.165, 1.54) is 0 Å². The summed E-state index contributed by atoms with van der Waals surface area (Å²) >= 11 is 0. The summed E-state index contributed by atoms with van der Waals surface area (Å²) in [4.78, 5) is 0. The first-order chi connectivity index (χ1) is 9.31. The van der Waals surface area contributed by atoms with E-state index in [9.17, 15) is 0 Å². The van der Waals surface area contributed by atoms with E-state index in [4.69, 9.17) is 0 Å². The minimum Gasteiger partial charge on any atom is -0.0911 e. The van der Waals surface area contributed by atoms with Crippen molar-refractivity contribution in [1.82, 2.24) is 0 Å². The molecule has 0 nitrogen and oxygen atoms in total. The van der Waals surface area contributed by atoms with Crippen LogP contribution in [0.3, 0.4) is 0 Å². The molecule has 0 spiro atoms. The van der Waals surface area contributed by atoms with Gasteiger partial charge in [0.15, 0.2) is 0 Å². The highest BCUT2D eigenvalue weighted by molar-refractivity contribution is 4.96. The van der Waals surface area contributed by atoms with Crippen LogP contribution in [0.4, 0.5) is 0 Å². The fourth-order valence-electron chi connectivity index (χ4n) is 0.718. The fraction of sp³-hybridized carbons (Fsp3) is 0.789. The normalized spacial score (nSPS) is 8.89. The van der Waals surface area contributed by atoms with E-state index in [0.717, 1.165) is 6.42 Å². The molecule has 0 heterocycles. The van der Waals surface area contributed by atoms with Crippen molar-refractivity contribution >= 4 is 0 Å². The molecule has 0 aliphatic heterocycles. The Bertz CT molecular complexity index is 98.6. The third-order valence-electron chi connectivity index (χ3n) is 1.17. The second kappa shape index (κ2) is 84.9. The average molecular weight is 275 g/mol. The molecule has 0 aliphatic carbocycles. The third-order valence-corrected chi connectivity index (χ3v) is 1.17. The predicted octanol–water partition coefficient (Wildman–Crippen LogP) is 8.30. The Morgan fingerprint density at radius 1 is 0.684 bits per heavy atom. The van der Waals surface area contributed by atoms with Crippen LogP contribution >= 0.6 is 0 Å². The van der Waals surface area contributed by atoms with Gasteiger partial charge in [-0.3, -0.25) is 0 Å². The highest BCUT2D eigenvalue weighted by Crippen LogP contribution is 1.99. The van der Waals surface area contributed by atoms with E-state index < -0.39 is 0 Å². The van der Waals surface area contributed by atoms with Crippen molar-refractivity contribution in [3.8, 4) is 0 Å². The summed E-state index contributed by atoms with van der Waals surface area (Å²) in [5.41, 5.74) is 0. The number of hydrogen-bond acceptors (Lipinski definition) is 0. The van der Waals surface area contributed by atoms with Gasteiger partial charge in [-0.05, 0) is 19.3 Å². The van der Waals surface area contributed by atoms with E-state index in [0.29, 0.717) is 5.92 Å². The van der Waals surface area contributed by atoms with Gasteiger partial charge in [0.1, 0.15) is 0 Å². The molecule has 0 amide bonds. The van der Waals surface area contributed by atoms with Gasteiger partial charge in [-0.1, -0.05) is 107 Å². The number of hydrogen-bond donors (Lipinski definition) is 0. The van der Waals surface area contributed by atoms with Crippen LogP contribution in [-0.2, 0) is 0 Å². The molecule has 0 rings (SSSR count). The molecule has 19 heavy (non-hydrogen) atoms. The van der Waals surface area contributed by atoms with Crippen LogP contribution < -0.4 is 0 Å². The summed E-state index contributed by atoms with van der Waals surface area (Å²) < 4.78 is 0. The van der Waals surface area contributed by atoms with Crippen LogP contribution in [0.1, 0.15) is 96.4 Å². The van der Waals surface area contributed by atoms with Gasteiger partial charge in [0.25, 0.3) is 0 Å². The van der Waals surface area contributed by atoms with E-state index in [1.807, 2.05) is 69.2 Å². The Labute approximate surface area is 127 Å².